The summed E-state index contributed by atoms with van der Waals surface area (Å²) in [4.78, 5) is 0. The van der Waals surface area contributed by atoms with Crippen LogP contribution in [0.2, 0.25) is 5.02 Å². The van der Waals surface area contributed by atoms with Gasteiger partial charge in [-0.2, -0.15) is 0 Å². The maximum Gasteiger partial charge on any atom is 0.161 e. The summed E-state index contributed by atoms with van der Waals surface area (Å²) in [6.07, 6.45) is 0. The average molecular weight is 392 g/mol. The van der Waals surface area contributed by atoms with E-state index in [0.29, 0.717) is 16.6 Å². The number of ether oxygens (including phenoxy) is 2. The molecule has 3 aromatic carbocycles. The lowest BCUT2D eigenvalue weighted by atomic mass is 10.0. The van der Waals surface area contributed by atoms with E-state index in [1.54, 1.807) is 14.2 Å². The summed E-state index contributed by atoms with van der Waals surface area (Å²) in [5, 5.41) is 14.9. The van der Waals surface area contributed by atoms with Crippen molar-refractivity contribution in [2.24, 2.45) is 0 Å². The van der Waals surface area contributed by atoms with Gasteiger partial charge in [0, 0.05) is 27.4 Å². The Bertz CT molecular complexity index is 1130. The lowest BCUT2D eigenvalue weighted by Crippen LogP contribution is -2.01. The predicted molar refractivity (Wildman–Crippen MR) is 113 cm³/mol. The van der Waals surface area contributed by atoms with E-state index in [4.69, 9.17) is 21.1 Å². The Morgan fingerprint density at radius 2 is 1.57 bits per heavy atom. The standard InChI is InChI=1S/C22H18ClN3O2/c1-27-16-11-12-20(28-2)19(13-16)24-22-18-6-4-3-5-17(18)21(25-26-22)14-7-9-15(23)10-8-14/h3-13H,1-2H3,(H,24,26). The molecule has 0 unspecified atom stereocenters. The van der Waals surface area contributed by atoms with Crippen molar-refractivity contribution in [1.29, 1.82) is 0 Å². The second-order valence-corrected chi connectivity index (χ2v) is 6.58. The summed E-state index contributed by atoms with van der Waals surface area (Å²) in [7, 11) is 3.25. The molecular weight excluding hydrogens is 374 g/mol. The van der Waals surface area contributed by atoms with Gasteiger partial charge in [0.1, 0.15) is 17.2 Å². The highest BCUT2D eigenvalue weighted by Crippen LogP contribution is 2.35. The number of hydrogen-bond acceptors (Lipinski definition) is 5. The summed E-state index contributed by atoms with van der Waals surface area (Å²) in [5.74, 6) is 2.05. The molecule has 1 N–H and O–H groups in total. The van der Waals surface area contributed by atoms with E-state index in [1.165, 1.54) is 0 Å². The lowest BCUT2D eigenvalue weighted by molar-refractivity contribution is 0.405. The third-order valence-corrected chi connectivity index (χ3v) is 4.72. The average Bonchev–Trinajstić information content (AvgIpc) is 2.74. The summed E-state index contributed by atoms with van der Waals surface area (Å²) in [6, 6.07) is 21.1. The molecule has 0 radical (unpaired) electrons. The van der Waals surface area contributed by atoms with Crippen LogP contribution in [0.15, 0.2) is 66.7 Å². The maximum atomic E-state index is 6.02. The Kier molecular flexibility index (Phi) is 5.00. The fourth-order valence-electron chi connectivity index (χ4n) is 3.06. The monoisotopic (exact) mass is 391 g/mol. The summed E-state index contributed by atoms with van der Waals surface area (Å²) in [5.41, 5.74) is 2.51. The van der Waals surface area contributed by atoms with Gasteiger partial charge >= 0.3 is 0 Å². The minimum atomic E-state index is 0.639. The SMILES string of the molecule is COc1ccc(OC)c(Nc2nnc(-c3ccc(Cl)cc3)c3ccccc23)c1. The molecule has 4 aromatic rings. The quantitative estimate of drug-likeness (QED) is 0.472. The predicted octanol–water partition coefficient (Wildman–Crippen LogP) is 5.71. The third-order valence-electron chi connectivity index (χ3n) is 4.46. The van der Waals surface area contributed by atoms with Gasteiger partial charge in [0.05, 0.1) is 19.9 Å². The highest BCUT2D eigenvalue weighted by atomic mass is 35.5. The molecule has 0 atom stereocenters. The summed E-state index contributed by atoms with van der Waals surface area (Å²) >= 11 is 6.02. The number of rotatable bonds is 5. The minimum absolute atomic E-state index is 0.639. The van der Waals surface area contributed by atoms with Crippen molar-refractivity contribution in [2.75, 3.05) is 19.5 Å². The first-order valence-corrected chi connectivity index (χ1v) is 9.08. The molecule has 0 amide bonds. The van der Waals surface area contributed by atoms with E-state index in [-0.39, 0.29) is 0 Å². The molecule has 28 heavy (non-hydrogen) atoms. The first-order chi connectivity index (χ1) is 13.7. The molecule has 0 saturated carbocycles. The van der Waals surface area contributed by atoms with Crippen LogP contribution < -0.4 is 14.8 Å². The van der Waals surface area contributed by atoms with Gasteiger partial charge < -0.3 is 14.8 Å². The van der Waals surface area contributed by atoms with Crippen LogP contribution in [0.25, 0.3) is 22.0 Å². The second-order valence-electron chi connectivity index (χ2n) is 6.14. The number of nitrogens with one attached hydrogen (secondary N) is 1. The van der Waals surface area contributed by atoms with Crippen LogP contribution in [0.3, 0.4) is 0 Å². The molecule has 0 fully saturated rings. The molecule has 0 bridgehead atoms. The zero-order valence-electron chi connectivity index (χ0n) is 15.4. The first kappa shape index (κ1) is 18.1. The Balaban J connectivity index is 1.82. The Labute approximate surface area is 167 Å². The Morgan fingerprint density at radius 1 is 0.821 bits per heavy atom. The lowest BCUT2D eigenvalue weighted by Gasteiger charge is -2.14. The van der Waals surface area contributed by atoms with Crippen molar-refractivity contribution in [3.05, 3.63) is 71.8 Å². The smallest absolute Gasteiger partial charge is 0.161 e. The first-order valence-electron chi connectivity index (χ1n) is 8.70. The van der Waals surface area contributed by atoms with Crippen molar-refractivity contribution in [3.8, 4) is 22.8 Å². The fraction of sp³-hybridized carbons (Fsp3) is 0.0909. The number of anilines is 2. The minimum Gasteiger partial charge on any atom is -0.497 e. The molecular formula is C22H18ClN3O2. The normalized spacial score (nSPS) is 10.7. The molecule has 0 spiro atoms. The van der Waals surface area contributed by atoms with Gasteiger partial charge in [-0.1, -0.05) is 48.0 Å². The van der Waals surface area contributed by atoms with Gasteiger partial charge in [-0.3, -0.25) is 0 Å². The van der Waals surface area contributed by atoms with Crippen LogP contribution in [0.1, 0.15) is 0 Å². The van der Waals surface area contributed by atoms with Crippen molar-refractivity contribution < 1.29 is 9.47 Å². The van der Waals surface area contributed by atoms with Crippen LogP contribution in [0.4, 0.5) is 11.5 Å². The zero-order valence-corrected chi connectivity index (χ0v) is 16.2. The van der Waals surface area contributed by atoms with Gasteiger partial charge in [-0.25, -0.2) is 0 Å². The zero-order chi connectivity index (χ0) is 19.5. The summed E-state index contributed by atoms with van der Waals surface area (Å²) in [6.45, 7) is 0. The Morgan fingerprint density at radius 3 is 2.29 bits per heavy atom. The molecule has 1 aromatic heterocycles. The van der Waals surface area contributed by atoms with Crippen molar-refractivity contribution in [1.82, 2.24) is 10.2 Å². The molecule has 0 aliphatic rings. The molecule has 1 heterocycles. The van der Waals surface area contributed by atoms with Crippen LogP contribution in [-0.4, -0.2) is 24.4 Å². The number of nitrogens with zero attached hydrogens (tertiary/aromatic N) is 2. The molecule has 0 saturated heterocycles. The molecule has 0 aliphatic carbocycles. The van der Waals surface area contributed by atoms with E-state index in [0.717, 1.165) is 33.5 Å². The van der Waals surface area contributed by atoms with Gasteiger partial charge in [0.15, 0.2) is 5.82 Å². The highest BCUT2D eigenvalue weighted by Gasteiger charge is 2.13. The van der Waals surface area contributed by atoms with Gasteiger partial charge in [0.2, 0.25) is 0 Å². The van der Waals surface area contributed by atoms with E-state index >= 15 is 0 Å². The van der Waals surface area contributed by atoms with Crippen LogP contribution >= 0.6 is 11.6 Å². The number of benzene rings is 3. The molecule has 4 rings (SSSR count). The summed E-state index contributed by atoms with van der Waals surface area (Å²) < 4.78 is 10.8. The number of hydrogen-bond donors (Lipinski definition) is 1. The van der Waals surface area contributed by atoms with E-state index in [1.807, 2.05) is 66.7 Å². The van der Waals surface area contributed by atoms with E-state index < -0.39 is 0 Å². The highest BCUT2D eigenvalue weighted by molar-refractivity contribution is 6.30. The number of halogens is 1. The molecule has 0 aliphatic heterocycles. The van der Waals surface area contributed by atoms with E-state index in [9.17, 15) is 0 Å². The largest absolute Gasteiger partial charge is 0.497 e. The maximum absolute atomic E-state index is 6.02. The molecule has 5 nitrogen and oxygen atoms in total. The number of fused-ring (bicyclic) bond motifs is 1. The van der Waals surface area contributed by atoms with Gasteiger partial charge in [-0.15, -0.1) is 10.2 Å². The number of aromatic nitrogens is 2. The fourth-order valence-corrected chi connectivity index (χ4v) is 3.18. The second kappa shape index (κ2) is 7.74. The van der Waals surface area contributed by atoms with Crippen LogP contribution in [0, 0.1) is 0 Å². The van der Waals surface area contributed by atoms with Crippen LogP contribution in [-0.2, 0) is 0 Å². The van der Waals surface area contributed by atoms with Crippen molar-refractivity contribution >= 4 is 33.9 Å². The van der Waals surface area contributed by atoms with Crippen LogP contribution in [0.5, 0.6) is 11.5 Å². The van der Waals surface area contributed by atoms with Crippen molar-refractivity contribution in [2.45, 2.75) is 0 Å². The van der Waals surface area contributed by atoms with Gasteiger partial charge in [-0.05, 0) is 24.3 Å². The molecule has 6 heteroatoms. The van der Waals surface area contributed by atoms with E-state index in [2.05, 4.69) is 15.5 Å². The third kappa shape index (κ3) is 3.44. The Hall–Kier alpha value is -3.31. The number of methoxy groups -OCH3 is 2. The van der Waals surface area contributed by atoms with Crippen molar-refractivity contribution in [3.63, 3.8) is 0 Å². The topological polar surface area (TPSA) is 56.3 Å². The van der Waals surface area contributed by atoms with Gasteiger partial charge in [0.25, 0.3) is 0 Å². The molecule has 140 valence electrons.